The maximum atomic E-state index is 14.7. The van der Waals surface area contributed by atoms with Crippen molar-refractivity contribution in [2.45, 2.75) is 84.6 Å². The summed E-state index contributed by atoms with van der Waals surface area (Å²) < 4.78 is 9.65. The number of carbonyl (C=O) groups is 3. The average Bonchev–Trinajstić information content (AvgIpc) is 3.64. The van der Waals surface area contributed by atoms with E-state index < -0.39 is 18.1 Å². The Morgan fingerprint density at radius 2 is 1.67 bits per heavy atom. The van der Waals surface area contributed by atoms with Crippen molar-refractivity contribution in [3.8, 4) is 11.1 Å². The van der Waals surface area contributed by atoms with Crippen LogP contribution in [-0.4, -0.2) is 80.4 Å². The molecule has 0 spiro atoms. The molecule has 3 unspecified atom stereocenters. The molecule has 3 atom stereocenters. The van der Waals surface area contributed by atoms with Crippen LogP contribution in [0.25, 0.3) is 22.0 Å². The lowest BCUT2D eigenvalue weighted by atomic mass is 9.98. The predicted molar refractivity (Wildman–Crippen MR) is 226 cm³/mol. The van der Waals surface area contributed by atoms with E-state index in [-0.39, 0.29) is 37.2 Å². The van der Waals surface area contributed by atoms with E-state index in [4.69, 9.17) is 23.1 Å². The second kappa shape index (κ2) is 20.3. The number of aromatic amines is 1. The van der Waals surface area contributed by atoms with Crippen LogP contribution in [0, 0.1) is 0 Å². The number of likely N-dealkylation sites (N-methyl/N-ethyl adjacent to an activating group) is 1. The lowest BCUT2D eigenvalue weighted by Crippen LogP contribution is -2.57. The lowest BCUT2D eigenvalue weighted by Gasteiger charge is -2.32. The average molecular weight is 830 g/mol. The standard InChI is InChI=1S/C41H48ClN9O4S2/c1-51-36(21-26-22-47-32-8-3-2-7-29(26)32)39(53)49-23-30-28(25-11-13-27(57-55)14-12-25)15-16-31(42)37(30)56-40-35(45-19-20-46-40)24-48-33(10-6-18-44)38(52)50-34(41(51)54)9-4-5-17-43/h2-3,7-8,11-16,19-20,22,33-34,36,47-48,55H,4-6,9-10,17-18,21,23-24,43-44H2,1H3,(H,49,53)(H,50,52). The SMILES string of the molecule is CN1C(=O)C(CCCCN)NC(=O)C(CCCN)NCc2nccnc2Sc2c(Cl)ccc(-c3ccc(SO)cc3)c2CNC(=O)C1Cc1c[nH]c2ccccc12. The van der Waals surface area contributed by atoms with Crippen LogP contribution in [0.2, 0.25) is 5.02 Å². The third-order valence-electron chi connectivity index (χ3n) is 10.2. The topological polar surface area (TPSA) is 204 Å². The molecular weight excluding hydrogens is 782 g/mol. The Balaban J connectivity index is 1.47. The highest BCUT2D eigenvalue weighted by atomic mass is 35.5. The summed E-state index contributed by atoms with van der Waals surface area (Å²) in [6, 6.07) is 16.4. The summed E-state index contributed by atoms with van der Waals surface area (Å²) in [6.45, 7) is 1.07. The number of hydrogen-bond acceptors (Lipinski definition) is 11. The van der Waals surface area contributed by atoms with Crippen LogP contribution in [0.3, 0.4) is 0 Å². The fourth-order valence-corrected chi connectivity index (χ4v) is 8.58. The summed E-state index contributed by atoms with van der Waals surface area (Å²) in [6.07, 6.45) is 7.84. The van der Waals surface area contributed by atoms with Gasteiger partial charge in [-0.15, -0.1) is 0 Å². The molecule has 3 heterocycles. The van der Waals surface area contributed by atoms with Crippen LogP contribution < -0.4 is 27.4 Å². The molecule has 9 N–H and O–H groups in total. The highest BCUT2D eigenvalue weighted by Gasteiger charge is 2.34. The number of H-pyrrole nitrogens is 1. The maximum absolute atomic E-state index is 14.7. The minimum atomic E-state index is -0.960. The number of hydrogen-bond donors (Lipinski definition) is 7. The number of halogens is 1. The molecule has 0 saturated carbocycles. The fraction of sp³-hybridized carbons (Fsp3) is 0.341. The molecule has 0 radical (unpaired) electrons. The Hall–Kier alpha value is -4.48. The molecule has 0 bridgehead atoms. The van der Waals surface area contributed by atoms with Crippen LogP contribution >= 0.6 is 35.4 Å². The molecule has 13 nitrogen and oxygen atoms in total. The number of nitrogens with one attached hydrogen (secondary N) is 4. The van der Waals surface area contributed by atoms with Crippen LogP contribution in [0.15, 0.2) is 94.1 Å². The number of amides is 3. The third-order valence-corrected chi connectivity index (χ3v) is 12.3. The summed E-state index contributed by atoms with van der Waals surface area (Å²) in [5, 5.41) is 11.5. The van der Waals surface area contributed by atoms with E-state index in [1.807, 2.05) is 60.8 Å². The van der Waals surface area contributed by atoms with E-state index in [1.54, 1.807) is 25.5 Å². The second-order valence-electron chi connectivity index (χ2n) is 13.9. The molecule has 1 aliphatic heterocycles. The zero-order valence-electron chi connectivity index (χ0n) is 31.7. The van der Waals surface area contributed by atoms with Gasteiger partial charge in [0.05, 0.1) is 16.8 Å². The summed E-state index contributed by atoms with van der Waals surface area (Å²) >= 11 is 8.98. The van der Waals surface area contributed by atoms with Crippen molar-refractivity contribution in [1.29, 1.82) is 0 Å². The number of unbranched alkanes of at least 4 members (excludes halogenated alkanes) is 1. The predicted octanol–water partition coefficient (Wildman–Crippen LogP) is 5.51. The first-order chi connectivity index (χ1) is 27.7. The van der Waals surface area contributed by atoms with Crippen molar-refractivity contribution in [2.24, 2.45) is 11.5 Å². The zero-order chi connectivity index (χ0) is 40.3. The smallest absolute Gasteiger partial charge is 0.245 e. The van der Waals surface area contributed by atoms with Crippen LogP contribution in [0.5, 0.6) is 0 Å². The monoisotopic (exact) mass is 829 g/mol. The largest absolute Gasteiger partial charge is 0.361 e. The van der Waals surface area contributed by atoms with Crippen LogP contribution in [0.1, 0.15) is 48.9 Å². The summed E-state index contributed by atoms with van der Waals surface area (Å²) in [5.41, 5.74) is 16.5. The highest BCUT2D eigenvalue weighted by Crippen LogP contribution is 2.41. The molecule has 0 aliphatic carbocycles. The summed E-state index contributed by atoms with van der Waals surface area (Å²) in [4.78, 5) is 58.7. The fourth-order valence-electron chi connectivity index (χ4n) is 7.01. The quantitative estimate of drug-likeness (QED) is 0.0654. The molecule has 0 saturated heterocycles. The molecular formula is C41H48ClN9O4S2. The van der Waals surface area contributed by atoms with E-state index in [0.29, 0.717) is 82.8 Å². The first kappa shape index (κ1) is 42.1. The number of para-hydroxylation sites is 1. The van der Waals surface area contributed by atoms with Gasteiger partial charge in [-0.25, -0.2) is 4.98 Å². The number of carbonyl (C=O) groups excluding carboxylic acids is 3. The number of nitrogens with two attached hydrogens (primary N) is 2. The second-order valence-corrected chi connectivity index (χ2v) is 15.9. The molecule has 300 valence electrons. The minimum absolute atomic E-state index is 0.0612. The van der Waals surface area contributed by atoms with Crippen molar-refractivity contribution in [2.75, 3.05) is 20.1 Å². The van der Waals surface area contributed by atoms with Gasteiger partial charge in [0.15, 0.2) is 0 Å². The zero-order valence-corrected chi connectivity index (χ0v) is 34.1. The molecule has 2 aromatic heterocycles. The Bertz CT molecular complexity index is 2170. The highest BCUT2D eigenvalue weighted by molar-refractivity contribution is 7.99. The first-order valence-electron chi connectivity index (χ1n) is 19.0. The van der Waals surface area contributed by atoms with E-state index in [1.165, 1.54) is 16.7 Å². The Kier molecular flexibility index (Phi) is 15.0. The lowest BCUT2D eigenvalue weighted by molar-refractivity contribution is -0.142. The van der Waals surface area contributed by atoms with Gasteiger partial charge in [-0.3, -0.25) is 19.4 Å². The van der Waals surface area contributed by atoms with Gasteiger partial charge in [0.2, 0.25) is 17.7 Å². The maximum Gasteiger partial charge on any atom is 0.245 e. The van der Waals surface area contributed by atoms with Gasteiger partial charge >= 0.3 is 0 Å². The molecule has 3 aromatic carbocycles. The number of fused-ring (bicyclic) bond motifs is 3. The summed E-state index contributed by atoms with van der Waals surface area (Å²) in [7, 11) is 1.61. The van der Waals surface area contributed by atoms with Crippen molar-refractivity contribution >= 4 is 64.0 Å². The van der Waals surface area contributed by atoms with Gasteiger partial charge in [0.25, 0.3) is 0 Å². The number of rotatable bonds is 11. The third kappa shape index (κ3) is 10.3. The molecule has 57 heavy (non-hydrogen) atoms. The molecule has 5 aromatic rings. The summed E-state index contributed by atoms with van der Waals surface area (Å²) in [5.74, 6) is -1.13. The minimum Gasteiger partial charge on any atom is -0.361 e. The van der Waals surface area contributed by atoms with E-state index >= 15 is 0 Å². The van der Waals surface area contributed by atoms with Gasteiger partial charge in [-0.05, 0) is 91.7 Å². The van der Waals surface area contributed by atoms with Crippen molar-refractivity contribution < 1.29 is 18.9 Å². The van der Waals surface area contributed by atoms with Crippen molar-refractivity contribution in [3.63, 3.8) is 0 Å². The molecule has 6 rings (SSSR count). The van der Waals surface area contributed by atoms with Crippen LogP contribution in [0.4, 0.5) is 0 Å². The van der Waals surface area contributed by atoms with Crippen molar-refractivity contribution in [1.82, 2.24) is 35.8 Å². The molecule has 16 heteroatoms. The van der Waals surface area contributed by atoms with Gasteiger partial charge in [0, 0.05) is 77.9 Å². The Morgan fingerprint density at radius 3 is 2.44 bits per heavy atom. The molecule has 3 amide bonds. The van der Waals surface area contributed by atoms with Gasteiger partial charge < -0.3 is 41.9 Å². The number of benzene rings is 3. The first-order valence-corrected chi connectivity index (χ1v) is 20.9. The van der Waals surface area contributed by atoms with Crippen molar-refractivity contribution in [3.05, 3.63) is 101 Å². The van der Waals surface area contributed by atoms with Gasteiger partial charge in [-0.2, -0.15) is 0 Å². The van der Waals surface area contributed by atoms with E-state index in [2.05, 4.69) is 30.9 Å². The Morgan fingerprint density at radius 1 is 0.912 bits per heavy atom. The molecule has 1 aliphatic rings. The van der Waals surface area contributed by atoms with E-state index in [0.717, 1.165) is 33.2 Å². The van der Waals surface area contributed by atoms with Gasteiger partial charge in [-0.1, -0.05) is 59.8 Å². The van der Waals surface area contributed by atoms with Gasteiger partial charge in [0.1, 0.15) is 17.1 Å². The van der Waals surface area contributed by atoms with Crippen LogP contribution in [-0.2, 0) is 33.9 Å². The number of nitrogens with zero attached hydrogens (tertiary/aromatic N) is 3. The Labute approximate surface area is 345 Å². The number of aromatic nitrogens is 3. The van der Waals surface area contributed by atoms with E-state index in [9.17, 15) is 18.9 Å². The molecule has 0 fully saturated rings. The normalized spacial score (nSPS) is 18.4.